The number of rotatable bonds is 6. The van der Waals surface area contributed by atoms with Crippen LogP contribution in [0, 0.1) is 6.92 Å². The number of carbonyl (C=O) groups excluding carboxylic acids is 1. The van der Waals surface area contributed by atoms with Gasteiger partial charge in [-0.05, 0) is 35.7 Å². The molecule has 0 saturated carbocycles. The summed E-state index contributed by atoms with van der Waals surface area (Å²) in [6, 6.07) is 13.2. The fourth-order valence-electron chi connectivity index (χ4n) is 2.33. The van der Waals surface area contributed by atoms with E-state index in [2.05, 4.69) is 0 Å². The lowest BCUT2D eigenvalue weighted by atomic mass is 9.95. The second kappa shape index (κ2) is 7.57. The molecule has 6 nitrogen and oxygen atoms in total. The Morgan fingerprint density at radius 1 is 1.21 bits per heavy atom. The van der Waals surface area contributed by atoms with Crippen molar-refractivity contribution in [3.8, 4) is 0 Å². The summed E-state index contributed by atoms with van der Waals surface area (Å²) < 4.78 is 37.1. The molecule has 1 unspecified atom stereocenters. The maximum Gasteiger partial charge on any atom is 0.315 e. The minimum Gasteiger partial charge on any atom is -0.460 e. The first kappa shape index (κ1) is 18.1. The largest absolute Gasteiger partial charge is 0.460 e. The monoisotopic (exact) mass is 349 g/mol. The normalized spacial score (nSPS) is 12.6. The van der Waals surface area contributed by atoms with Crippen molar-refractivity contribution in [2.45, 2.75) is 24.3 Å². The summed E-state index contributed by atoms with van der Waals surface area (Å²) >= 11 is 0. The highest BCUT2D eigenvalue weighted by atomic mass is 32.2. The quantitative estimate of drug-likeness (QED) is 0.610. The van der Waals surface area contributed by atoms with Gasteiger partial charge in [0, 0.05) is 6.54 Å². The highest BCUT2D eigenvalue weighted by molar-refractivity contribution is 7.85. The van der Waals surface area contributed by atoms with Gasteiger partial charge in [0.05, 0.1) is 10.8 Å². The predicted octanol–water partition coefficient (Wildman–Crippen LogP) is 2.03. The maximum atomic E-state index is 12.3. The molecular formula is C17H19NO5S. The van der Waals surface area contributed by atoms with Gasteiger partial charge in [0.2, 0.25) is 0 Å². The van der Waals surface area contributed by atoms with Gasteiger partial charge in [-0.2, -0.15) is 8.42 Å². The van der Waals surface area contributed by atoms with Crippen molar-refractivity contribution in [3.63, 3.8) is 0 Å². The molecular weight excluding hydrogens is 330 g/mol. The molecule has 0 aliphatic rings. The molecule has 1 atom stereocenters. The molecule has 0 aliphatic heterocycles. The molecule has 128 valence electrons. The van der Waals surface area contributed by atoms with Crippen molar-refractivity contribution in [1.29, 1.82) is 0 Å². The molecule has 0 aromatic heterocycles. The standard InChI is InChI=1S/C17H19NO5S/c1-12-7-8-14(24(20,21)22)9-15(12)16(10-18)17(19)23-11-13-5-3-2-4-6-13/h2-9,16H,10-11,18H2,1H3,(H,20,21,22). The fourth-order valence-corrected chi connectivity index (χ4v) is 2.85. The van der Waals surface area contributed by atoms with E-state index in [0.717, 1.165) is 5.56 Å². The Balaban J connectivity index is 2.22. The summed E-state index contributed by atoms with van der Waals surface area (Å²) in [6.45, 7) is 1.80. The van der Waals surface area contributed by atoms with E-state index in [1.807, 2.05) is 30.3 Å². The van der Waals surface area contributed by atoms with Gasteiger partial charge in [-0.15, -0.1) is 0 Å². The van der Waals surface area contributed by atoms with Crippen molar-refractivity contribution in [3.05, 3.63) is 65.2 Å². The van der Waals surface area contributed by atoms with Crippen molar-refractivity contribution in [2.24, 2.45) is 5.73 Å². The second-order valence-electron chi connectivity index (χ2n) is 5.38. The lowest BCUT2D eigenvalue weighted by Gasteiger charge is -2.17. The molecule has 2 aromatic rings. The first-order valence-corrected chi connectivity index (χ1v) is 8.75. The highest BCUT2D eigenvalue weighted by Crippen LogP contribution is 2.24. The number of aryl methyl sites for hydroxylation is 1. The van der Waals surface area contributed by atoms with Crippen LogP contribution in [-0.2, 0) is 26.3 Å². The zero-order valence-electron chi connectivity index (χ0n) is 13.2. The number of hydrogen-bond acceptors (Lipinski definition) is 5. The SMILES string of the molecule is Cc1ccc(S(=O)(=O)O)cc1C(CN)C(=O)OCc1ccccc1. The molecule has 0 radical (unpaired) electrons. The van der Waals surface area contributed by atoms with E-state index in [0.29, 0.717) is 11.1 Å². The number of nitrogens with two attached hydrogens (primary N) is 1. The van der Waals surface area contributed by atoms with Crippen LogP contribution in [0.3, 0.4) is 0 Å². The zero-order chi connectivity index (χ0) is 17.7. The third kappa shape index (κ3) is 4.41. The van der Waals surface area contributed by atoms with Gasteiger partial charge in [-0.25, -0.2) is 0 Å². The molecule has 7 heteroatoms. The molecule has 0 bridgehead atoms. The smallest absolute Gasteiger partial charge is 0.315 e. The van der Waals surface area contributed by atoms with Crippen LogP contribution in [0.25, 0.3) is 0 Å². The van der Waals surface area contributed by atoms with Gasteiger partial charge in [-0.3, -0.25) is 9.35 Å². The maximum absolute atomic E-state index is 12.3. The van der Waals surface area contributed by atoms with Crippen LogP contribution in [0.4, 0.5) is 0 Å². The number of ether oxygens (including phenoxy) is 1. The molecule has 24 heavy (non-hydrogen) atoms. The van der Waals surface area contributed by atoms with Crippen LogP contribution in [0.15, 0.2) is 53.4 Å². The first-order chi connectivity index (χ1) is 11.3. The lowest BCUT2D eigenvalue weighted by Crippen LogP contribution is -2.24. The molecule has 2 rings (SSSR count). The molecule has 0 spiro atoms. The Labute approximate surface area is 141 Å². The van der Waals surface area contributed by atoms with Crippen LogP contribution < -0.4 is 5.73 Å². The van der Waals surface area contributed by atoms with Crippen LogP contribution in [0.1, 0.15) is 22.6 Å². The Hall–Kier alpha value is -2.22. The predicted molar refractivity (Wildman–Crippen MR) is 89.0 cm³/mol. The minimum atomic E-state index is -4.36. The molecule has 0 aliphatic carbocycles. The summed E-state index contributed by atoms with van der Waals surface area (Å²) in [5.41, 5.74) is 7.64. The van der Waals surface area contributed by atoms with Gasteiger partial charge in [0.1, 0.15) is 6.61 Å². The molecule has 0 heterocycles. The van der Waals surface area contributed by atoms with Crippen LogP contribution >= 0.6 is 0 Å². The van der Waals surface area contributed by atoms with Crippen molar-refractivity contribution in [2.75, 3.05) is 6.54 Å². The molecule has 0 amide bonds. The first-order valence-electron chi connectivity index (χ1n) is 7.31. The van der Waals surface area contributed by atoms with Gasteiger partial charge in [0.15, 0.2) is 0 Å². The van der Waals surface area contributed by atoms with Crippen molar-refractivity contribution in [1.82, 2.24) is 0 Å². The Bertz CT molecular complexity index is 818. The summed E-state index contributed by atoms with van der Waals surface area (Å²) in [5.74, 6) is -1.35. The number of benzene rings is 2. The Morgan fingerprint density at radius 3 is 2.46 bits per heavy atom. The third-order valence-electron chi connectivity index (χ3n) is 3.67. The number of hydrogen-bond donors (Lipinski definition) is 2. The van der Waals surface area contributed by atoms with E-state index < -0.39 is 22.0 Å². The van der Waals surface area contributed by atoms with E-state index in [1.165, 1.54) is 18.2 Å². The lowest BCUT2D eigenvalue weighted by molar-refractivity contribution is -0.146. The molecule has 3 N–H and O–H groups in total. The van der Waals surface area contributed by atoms with Crippen LogP contribution in [-0.4, -0.2) is 25.5 Å². The molecule has 0 saturated heterocycles. The van der Waals surface area contributed by atoms with Gasteiger partial charge >= 0.3 is 5.97 Å². The molecule has 2 aromatic carbocycles. The Kier molecular flexibility index (Phi) is 5.71. The molecule has 0 fully saturated rings. The summed E-state index contributed by atoms with van der Waals surface area (Å²) in [5, 5.41) is 0. The van der Waals surface area contributed by atoms with Crippen molar-refractivity contribution < 1.29 is 22.5 Å². The Morgan fingerprint density at radius 2 is 1.88 bits per heavy atom. The average molecular weight is 349 g/mol. The van der Waals surface area contributed by atoms with E-state index in [1.54, 1.807) is 6.92 Å². The number of esters is 1. The van der Waals surface area contributed by atoms with Gasteiger partial charge in [-0.1, -0.05) is 36.4 Å². The van der Waals surface area contributed by atoms with Crippen LogP contribution in [0.5, 0.6) is 0 Å². The van der Waals surface area contributed by atoms with Crippen molar-refractivity contribution >= 4 is 16.1 Å². The summed E-state index contributed by atoms with van der Waals surface area (Å²) in [7, 11) is -4.36. The van der Waals surface area contributed by atoms with Crippen LogP contribution in [0.2, 0.25) is 0 Å². The zero-order valence-corrected chi connectivity index (χ0v) is 14.0. The fraction of sp³-hybridized carbons (Fsp3) is 0.235. The van der Waals surface area contributed by atoms with Gasteiger partial charge < -0.3 is 10.5 Å². The highest BCUT2D eigenvalue weighted by Gasteiger charge is 2.24. The minimum absolute atomic E-state index is 0.0383. The summed E-state index contributed by atoms with van der Waals surface area (Å²) in [6.07, 6.45) is 0. The third-order valence-corrected chi connectivity index (χ3v) is 4.52. The topological polar surface area (TPSA) is 107 Å². The second-order valence-corrected chi connectivity index (χ2v) is 6.80. The van der Waals surface area contributed by atoms with E-state index >= 15 is 0 Å². The number of carbonyl (C=O) groups is 1. The van der Waals surface area contributed by atoms with E-state index in [9.17, 15) is 17.8 Å². The van der Waals surface area contributed by atoms with Gasteiger partial charge in [0.25, 0.3) is 10.1 Å². The van der Waals surface area contributed by atoms with E-state index in [4.69, 9.17) is 10.5 Å². The van der Waals surface area contributed by atoms with E-state index in [-0.39, 0.29) is 18.0 Å². The summed E-state index contributed by atoms with van der Waals surface area (Å²) in [4.78, 5) is 12.1. The average Bonchev–Trinajstić information content (AvgIpc) is 2.55.